The van der Waals surface area contributed by atoms with Gasteiger partial charge in [-0.2, -0.15) is 10.2 Å². The van der Waals surface area contributed by atoms with Gasteiger partial charge in [-0.25, -0.2) is 18.5 Å². The van der Waals surface area contributed by atoms with Gasteiger partial charge in [0.05, 0.1) is 25.0 Å². The molecule has 5 N–H and O–H groups in total. The second-order valence-electron chi connectivity index (χ2n) is 9.68. The SMILES string of the molecule is CO[C@@H](C)COC(=O)[C@H](C)NP(=O)(OC[C@@]1(CF)OC[C@@](O)(c2ccc3c(N)ncnn23)[C@@H]1O)Oc1ccccc1. The van der Waals surface area contributed by atoms with Crippen molar-refractivity contribution in [3.63, 3.8) is 0 Å². The third kappa shape index (κ3) is 6.36. The van der Waals surface area contributed by atoms with Crippen LogP contribution in [0, 0.1) is 0 Å². The van der Waals surface area contributed by atoms with Crippen molar-refractivity contribution in [2.45, 2.75) is 43.3 Å². The van der Waals surface area contributed by atoms with Crippen LogP contribution in [0.4, 0.5) is 10.2 Å². The van der Waals surface area contributed by atoms with Gasteiger partial charge in [0.1, 0.15) is 48.6 Å². The lowest BCUT2D eigenvalue weighted by Gasteiger charge is -2.33. The molecule has 3 heterocycles. The quantitative estimate of drug-likeness (QED) is 0.163. The van der Waals surface area contributed by atoms with E-state index >= 15 is 0 Å². The molecule has 0 saturated carbocycles. The Morgan fingerprint density at radius 3 is 2.73 bits per heavy atom. The predicted octanol–water partition coefficient (Wildman–Crippen LogP) is 1.36. The molecule has 14 nitrogen and oxygen atoms in total. The standard InChI is InChI=1S/C25H33FN5O9P/c1-16(36-3)11-37-22(32)17(2)30-41(35,40-18-7-5-4-6-8-18)39-13-24(12-26)23(33)25(34,14-38-24)20-10-9-19-21(27)28-15-29-31(19)20/h4-10,15-17,23,33-34H,11-14H2,1-3H3,(H,30,35)(H2,27,28,29)/t16-,17-,23+,24+,25+,41?/m0/s1. The summed E-state index contributed by atoms with van der Waals surface area (Å²) in [7, 11) is -2.99. The molecule has 1 aromatic carbocycles. The maximum Gasteiger partial charge on any atom is 0.459 e. The molecule has 1 aliphatic rings. The predicted molar refractivity (Wildman–Crippen MR) is 143 cm³/mol. The monoisotopic (exact) mass is 597 g/mol. The fourth-order valence-corrected chi connectivity index (χ4v) is 5.75. The summed E-state index contributed by atoms with van der Waals surface area (Å²) in [5.74, 6) is -0.534. The number of rotatable bonds is 13. The first-order valence-corrected chi connectivity index (χ1v) is 14.2. The zero-order chi connectivity index (χ0) is 29.8. The second-order valence-corrected chi connectivity index (χ2v) is 11.4. The summed E-state index contributed by atoms with van der Waals surface area (Å²) in [6.07, 6.45) is -1.13. The molecular formula is C25H33FN5O9P. The van der Waals surface area contributed by atoms with Crippen molar-refractivity contribution in [1.29, 1.82) is 0 Å². The minimum atomic E-state index is -4.45. The number of nitrogen functional groups attached to an aromatic ring is 1. The summed E-state index contributed by atoms with van der Waals surface area (Å²) in [5, 5.41) is 29.3. The van der Waals surface area contributed by atoms with Crippen molar-refractivity contribution in [3.05, 3.63) is 54.5 Å². The van der Waals surface area contributed by atoms with E-state index < -0.39 is 57.0 Å². The van der Waals surface area contributed by atoms with Gasteiger partial charge in [-0.15, -0.1) is 0 Å². The van der Waals surface area contributed by atoms with E-state index in [0.717, 1.165) is 6.33 Å². The molecule has 224 valence electrons. The van der Waals surface area contributed by atoms with Crippen LogP contribution in [-0.4, -0.2) is 88.2 Å². The highest BCUT2D eigenvalue weighted by atomic mass is 31.2. The molecule has 6 atom stereocenters. The fourth-order valence-electron chi connectivity index (χ4n) is 4.20. The number of nitrogens with two attached hydrogens (primary N) is 1. The third-order valence-electron chi connectivity index (χ3n) is 6.70. The van der Waals surface area contributed by atoms with E-state index in [0.29, 0.717) is 5.52 Å². The minimum Gasteiger partial charge on any atom is -0.462 e. The molecule has 1 saturated heterocycles. The van der Waals surface area contributed by atoms with Gasteiger partial charge in [0, 0.05) is 7.11 Å². The molecule has 1 unspecified atom stereocenters. The Hall–Kier alpha value is -3.17. The molecule has 0 radical (unpaired) electrons. The Labute approximate surface area is 235 Å². The van der Waals surface area contributed by atoms with E-state index in [1.807, 2.05) is 0 Å². The summed E-state index contributed by atoms with van der Waals surface area (Å²) < 4.78 is 56.7. The van der Waals surface area contributed by atoms with Gasteiger partial charge in [-0.3, -0.25) is 9.32 Å². The summed E-state index contributed by atoms with van der Waals surface area (Å²) in [5.41, 5.74) is 1.95. The number of carbonyl (C=O) groups excluding carboxylic acids is 1. The van der Waals surface area contributed by atoms with Gasteiger partial charge in [-0.05, 0) is 38.1 Å². The molecule has 0 spiro atoms. The van der Waals surface area contributed by atoms with Gasteiger partial charge in [0.15, 0.2) is 11.4 Å². The van der Waals surface area contributed by atoms with Crippen molar-refractivity contribution in [1.82, 2.24) is 19.7 Å². The van der Waals surface area contributed by atoms with Gasteiger partial charge < -0.3 is 34.7 Å². The summed E-state index contributed by atoms with van der Waals surface area (Å²) in [6, 6.07) is 9.72. The number of hydrogen-bond donors (Lipinski definition) is 4. The van der Waals surface area contributed by atoms with Crippen molar-refractivity contribution >= 4 is 25.1 Å². The summed E-state index contributed by atoms with van der Waals surface area (Å²) in [6.45, 7) is 0.276. The maximum absolute atomic E-state index is 14.6. The average Bonchev–Trinajstić information content (AvgIpc) is 3.52. The number of carbonyl (C=O) groups is 1. The number of halogens is 1. The molecule has 0 amide bonds. The van der Waals surface area contributed by atoms with Crippen LogP contribution in [-0.2, 0) is 33.7 Å². The van der Waals surface area contributed by atoms with E-state index in [-0.39, 0.29) is 30.0 Å². The van der Waals surface area contributed by atoms with Crippen LogP contribution in [0.3, 0.4) is 0 Å². The number of para-hydroxylation sites is 1. The lowest BCUT2D eigenvalue weighted by Crippen LogP contribution is -2.53. The molecule has 0 aliphatic carbocycles. The molecular weight excluding hydrogens is 564 g/mol. The molecule has 0 bridgehead atoms. The number of benzene rings is 1. The molecule has 2 aromatic heterocycles. The molecule has 4 rings (SSSR count). The van der Waals surface area contributed by atoms with Crippen LogP contribution in [0.2, 0.25) is 0 Å². The Bertz CT molecular complexity index is 1400. The lowest BCUT2D eigenvalue weighted by molar-refractivity contribution is -0.148. The Balaban J connectivity index is 1.56. The fraction of sp³-hybridized carbons (Fsp3) is 0.480. The van der Waals surface area contributed by atoms with E-state index in [4.69, 9.17) is 29.0 Å². The summed E-state index contributed by atoms with van der Waals surface area (Å²) in [4.78, 5) is 16.4. The van der Waals surface area contributed by atoms with Crippen molar-refractivity contribution in [2.24, 2.45) is 0 Å². The highest BCUT2D eigenvalue weighted by molar-refractivity contribution is 7.52. The zero-order valence-corrected chi connectivity index (χ0v) is 23.6. The molecule has 1 aliphatic heterocycles. The highest BCUT2D eigenvalue weighted by Crippen LogP contribution is 2.48. The second kappa shape index (κ2) is 12.4. The average molecular weight is 598 g/mol. The molecule has 16 heteroatoms. The lowest BCUT2D eigenvalue weighted by atomic mass is 9.86. The van der Waals surface area contributed by atoms with E-state index in [9.17, 15) is 24.0 Å². The molecule has 41 heavy (non-hydrogen) atoms. The summed E-state index contributed by atoms with van der Waals surface area (Å²) >= 11 is 0. The van der Waals surface area contributed by atoms with Gasteiger partial charge in [-0.1, -0.05) is 18.2 Å². The van der Waals surface area contributed by atoms with Gasteiger partial charge >= 0.3 is 13.7 Å². The highest BCUT2D eigenvalue weighted by Gasteiger charge is 2.60. The first kappa shape index (κ1) is 30.8. The van der Waals surface area contributed by atoms with Crippen molar-refractivity contribution in [3.8, 4) is 5.75 Å². The van der Waals surface area contributed by atoms with Crippen LogP contribution >= 0.6 is 7.75 Å². The first-order valence-electron chi connectivity index (χ1n) is 12.6. The van der Waals surface area contributed by atoms with Gasteiger partial charge in [0.25, 0.3) is 0 Å². The largest absolute Gasteiger partial charge is 0.462 e. The van der Waals surface area contributed by atoms with E-state index in [1.165, 1.54) is 42.8 Å². The third-order valence-corrected chi connectivity index (χ3v) is 8.32. The number of aliphatic hydroxyl groups excluding tert-OH is 1. The van der Waals surface area contributed by atoms with Crippen LogP contribution in [0.1, 0.15) is 19.5 Å². The normalized spacial score (nSPS) is 25.5. The van der Waals surface area contributed by atoms with E-state index in [2.05, 4.69) is 15.2 Å². The van der Waals surface area contributed by atoms with Crippen LogP contribution in [0.25, 0.3) is 5.52 Å². The van der Waals surface area contributed by atoms with Crippen molar-refractivity contribution < 1.29 is 47.2 Å². The number of esters is 1. The number of anilines is 1. The number of fused-ring (bicyclic) bond motifs is 1. The van der Waals surface area contributed by atoms with Crippen LogP contribution < -0.4 is 15.3 Å². The number of nitrogens with zero attached hydrogens (tertiary/aromatic N) is 3. The van der Waals surface area contributed by atoms with Crippen LogP contribution in [0.5, 0.6) is 5.75 Å². The number of hydrogen-bond acceptors (Lipinski definition) is 12. The number of ether oxygens (including phenoxy) is 3. The zero-order valence-electron chi connectivity index (χ0n) is 22.7. The smallest absolute Gasteiger partial charge is 0.459 e. The Kier molecular flexibility index (Phi) is 9.29. The maximum atomic E-state index is 14.6. The first-order chi connectivity index (χ1) is 19.5. The van der Waals surface area contributed by atoms with Crippen molar-refractivity contribution in [2.75, 3.05) is 39.3 Å². The molecule has 1 fully saturated rings. The van der Waals surface area contributed by atoms with Gasteiger partial charge in [0.2, 0.25) is 0 Å². The number of methoxy groups -OCH3 is 1. The van der Waals surface area contributed by atoms with E-state index in [1.54, 1.807) is 25.1 Å². The number of alkyl halides is 1. The molecule has 3 aromatic rings. The number of aromatic nitrogens is 3. The number of nitrogens with one attached hydrogen (secondary N) is 1. The Morgan fingerprint density at radius 2 is 2.05 bits per heavy atom. The Morgan fingerprint density at radius 1 is 1.32 bits per heavy atom. The minimum absolute atomic E-state index is 0.0549. The number of aliphatic hydroxyl groups is 2. The van der Waals surface area contributed by atoms with Crippen LogP contribution in [0.15, 0.2) is 48.8 Å². The topological polar surface area (TPSA) is 189 Å².